The van der Waals surface area contributed by atoms with Crippen LogP contribution in [0.1, 0.15) is 101 Å². The van der Waals surface area contributed by atoms with Crippen LogP contribution in [0.3, 0.4) is 0 Å². The van der Waals surface area contributed by atoms with Crippen LogP contribution in [-0.4, -0.2) is 148 Å². The van der Waals surface area contributed by atoms with Gasteiger partial charge in [0.25, 0.3) is 0 Å². The molecule has 0 saturated carbocycles. The number of fused-ring (bicyclic) bond motifs is 2. The first kappa shape index (κ1) is 44.3. The van der Waals surface area contributed by atoms with Gasteiger partial charge in [-0.05, 0) is 80.3 Å². The Bertz CT molecular complexity index is 1270. The summed E-state index contributed by atoms with van der Waals surface area (Å²) in [4.78, 5) is 16.3. The number of rotatable bonds is 12. The zero-order chi connectivity index (χ0) is 39.8. The molecule has 5 N–H and O–H groups in total. The lowest BCUT2D eigenvalue weighted by Gasteiger charge is -2.48. The summed E-state index contributed by atoms with van der Waals surface area (Å²) in [5.41, 5.74) is -3.04. The molecule has 0 aromatic carbocycles. The molecule has 0 aromatic rings. The topological polar surface area (TPSA) is 186 Å². The fraction of sp³-hybridized carbons (Fsp3) is 0.923. The number of carbonyl (C=O) groups is 1. The van der Waals surface area contributed by atoms with Crippen molar-refractivity contribution >= 4 is 5.97 Å². The molecule has 0 amide bonds. The van der Waals surface area contributed by atoms with E-state index in [4.69, 9.17) is 33.2 Å². The van der Waals surface area contributed by atoms with E-state index in [0.717, 1.165) is 5.57 Å². The number of aliphatic hydroxyl groups is 5. The molecule has 4 rings (SSSR count). The minimum absolute atomic E-state index is 0.0310. The molecule has 4 heterocycles. The van der Waals surface area contributed by atoms with Crippen LogP contribution in [0.5, 0.6) is 0 Å². The van der Waals surface area contributed by atoms with Crippen LogP contribution < -0.4 is 0 Å². The van der Waals surface area contributed by atoms with Gasteiger partial charge >= 0.3 is 5.97 Å². The van der Waals surface area contributed by atoms with Crippen molar-refractivity contribution in [2.75, 3.05) is 27.3 Å². The Balaban J connectivity index is 1.81. The Morgan fingerprint density at radius 3 is 2.34 bits per heavy atom. The first-order valence-electron chi connectivity index (χ1n) is 19.5. The van der Waals surface area contributed by atoms with E-state index < -0.39 is 95.8 Å². The average Bonchev–Trinajstić information content (AvgIpc) is 3.42. The number of likely N-dealkylation sites (N-methyl/N-ethyl adjacent to an activating group) is 1. The minimum Gasteiger partial charge on any atom is -0.488 e. The number of cyclic esters (lactones) is 1. The maximum Gasteiger partial charge on any atom is 0.311 e. The van der Waals surface area contributed by atoms with Crippen molar-refractivity contribution in [3.63, 3.8) is 0 Å². The molecule has 308 valence electrons. The van der Waals surface area contributed by atoms with Crippen molar-refractivity contribution in [2.24, 2.45) is 17.8 Å². The summed E-state index contributed by atoms with van der Waals surface area (Å²) in [5.74, 6) is -2.37. The van der Waals surface area contributed by atoms with E-state index >= 15 is 0 Å². The number of ether oxygens (including phenoxy) is 7. The van der Waals surface area contributed by atoms with Gasteiger partial charge in [0, 0.05) is 45.1 Å². The molecule has 6 unspecified atom stereocenters. The predicted octanol–water partition coefficient (Wildman–Crippen LogP) is 2.64. The largest absolute Gasteiger partial charge is 0.488 e. The summed E-state index contributed by atoms with van der Waals surface area (Å²) < 4.78 is 45.0. The summed E-state index contributed by atoms with van der Waals surface area (Å²) in [6.07, 6.45) is -7.16. The molecule has 0 aliphatic carbocycles. The fourth-order valence-electron chi connectivity index (χ4n) is 9.14. The number of nitrogens with zero attached hydrogens (tertiary/aromatic N) is 1. The quantitative estimate of drug-likeness (QED) is 0.183. The summed E-state index contributed by atoms with van der Waals surface area (Å²) in [7, 11) is 3.43. The lowest BCUT2D eigenvalue weighted by molar-refractivity contribution is -0.316. The Morgan fingerprint density at radius 1 is 1.08 bits per heavy atom. The highest BCUT2D eigenvalue weighted by molar-refractivity contribution is 5.73. The molecular formula is C39H69NO13. The second-order valence-electron chi connectivity index (χ2n) is 16.9. The van der Waals surface area contributed by atoms with Gasteiger partial charge in [-0.1, -0.05) is 20.8 Å². The van der Waals surface area contributed by atoms with Crippen LogP contribution in [0.4, 0.5) is 0 Å². The van der Waals surface area contributed by atoms with Gasteiger partial charge in [0.15, 0.2) is 12.6 Å². The zero-order valence-corrected chi connectivity index (χ0v) is 34.0. The zero-order valence-electron chi connectivity index (χ0n) is 34.0. The number of esters is 1. The molecule has 17 atom stereocenters. The number of hydrogen-bond acceptors (Lipinski definition) is 14. The monoisotopic (exact) mass is 759 g/mol. The Kier molecular flexibility index (Phi) is 14.5. The van der Waals surface area contributed by atoms with E-state index in [0.29, 0.717) is 31.6 Å². The standard InChI is InChI=1S/C39H69NO13/c1-13-27(42)39(10,46)34-22(4)30-20(2)18-38(9,53-30)33(52-36-29(43)26(17-21(3)48-36)40(11)15-14-16-41)23(5)31(24(6)35(45)51-34)50-28-19-37(8,47-12)32(44)25(7)49-28/h21-29,31-34,36,41-44,46H,13-19H2,1-12H3/t21?,22-,23-,24+,25?,26?,27+,28-,29?,31-,32-,33+,34+,36-,37?,38?,39+/m0/s1. The highest BCUT2D eigenvalue weighted by atomic mass is 16.7. The summed E-state index contributed by atoms with van der Waals surface area (Å²) in [5, 5.41) is 55.0. The van der Waals surface area contributed by atoms with Crippen LogP contribution in [0, 0.1) is 17.8 Å². The van der Waals surface area contributed by atoms with Gasteiger partial charge in [0.05, 0.1) is 41.9 Å². The van der Waals surface area contributed by atoms with Gasteiger partial charge in [0.1, 0.15) is 41.4 Å². The van der Waals surface area contributed by atoms with E-state index in [9.17, 15) is 30.3 Å². The summed E-state index contributed by atoms with van der Waals surface area (Å²) in [6, 6.07) is -0.315. The van der Waals surface area contributed by atoms with Crippen molar-refractivity contribution in [3.05, 3.63) is 11.3 Å². The molecule has 14 heteroatoms. The van der Waals surface area contributed by atoms with E-state index in [-0.39, 0.29) is 31.6 Å². The number of methoxy groups -OCH3 is 1. The Morgan fingerprint density at radius 2 is 1.74 bits per heavy atom. The molecular weight excluding hydrogens is 690 g/mol. The molecule has 3 fully saturated rings. The normalized spacial score (nSPS) is 44.6. The third-order valence-corrected chi connectivity index (χ3v) is 12.5. The van der Waals surface area contributed by atoms with E-state index in [1.165, 1.54) is 14.0 Å². The number of carbonyl (C=O) groups excluding carboxylic acids is 1. The maximum absolute atomic E-state index is 14.3. The van der Waals surface area contributed by atoms with E-state index in [1.54, 1.807) is 27.7 Å². The third kappa shape index (κ3) is 9.09. The molecule has 0 spiro atoms. The molecule has 3 saturated heterocycles. The SMILES string of the molecule is CC[C@@H](O)[C@@](C)(O)[C@@H]1OC(=O)[C@H](C)[C@@H](O[C@H]2CC(C)(OC)[C@@H](O)C(C)O2)[C@H](C)[C@@H](O[C@@H]2OC(C)CC(N(C)CCCO)C2O)C2(C)CC(C)=C(O2)[C@@H]1C. The van der Waals surface area contributed by atoms with Crippen LogP contribution in [0.15, 0.2) is 11.3 Å². The van der Waals surface area contributed by atoms with Gasteiger partial charge in [-0.25, -0.2) is 0 Å². The van der Waals surface area contributed by atoms with Crippen molar-refractivity contribution in [2.45, 2.75) is 186 Å². The Hall–Kier alpha value is -1.43. The van der Waals surface area contributed by atoms with E-state index in [1.807, 2.05) is 46.6 Å². The lowest BCUT2D eigenvalue weighted by atomic mass is 9.78. The lowest BCUT2D eigenvalue weighted by Crippen LogP contribution is -2.60. The second kappa shape index (κ2) is 17.4. The first-order valence-corrected chi connectivity index (χ1v) is 19.5. The fourth-order valence-corrected chi connectivity index (χ4v) is 9.14. The molecule has 53 heavy (non-hydrogen) atoms. The Labute approximate surface area is 316 Å². The molecule has 4 aliphatic heterocycles. The van der Waals surface area contributed by atoms with Crippen molar-refractivity contribution in [3.8, 4) is 0 Å². The van der Waals surface area contributed by atoms with Gasteiger partial charge in [-0.3, -0.25) is 4.79 Å². The van der Waals surface area contributed by atoms with Crippen LogP contribution in [0.25, 0.3) is 0 Å². The van der Waals surface area contributed by atoms with Gasteiger partial charge in [-0.2, -0.15) is 0 Å². The van der Waals surface area contributed by atoms with Crippen molar-refractivity contribution in [1.82, 2.24) is 4.90 Å². The number of hydrogen-bond donors (Lipinski definition) is 5. The third-order valence-electron chi connectivity index (χ3n) is 12.5. The van der Waals surface area contributed by atoms with Gasteiger partial charge < -0.3 is 63.6 Å². The molecule has 4 aliphatic rings. The van der Waals surface area contributed by atoms with Crippen LogP contribution in [-0.2, 0) is 38.0 Å². The smallest absolute Gasteiger partial charge is 0.311 e. The molecule has 14 nitrogen and oxygen atoms in total. The molecule has 0 aromatic heterocycles. The molecule has 0 radical (unpaired) electrons. The van der Waals surface area contributed by atoms with Crippen LogP contribution in [0.2, 0.25) is 0 Å². The highest BCUT2D eigenvalue weighted by Crippen LogP contribution is 2.48. The van der Waals surface area contributed by atoms with Crippen molar-refractivity contribution < 1.29 is 63.5 Å². The van der Waals surface area contributed by atoms with Crippen molar-refractivity contribution in [1.29, 1.82) is 0 Å². The summed E-state index contributed by atoms with van der Waals surface area (Å²) >= 11 is 0. The van der Waals surface area contributed by atoms with E-state index in [2.05, 4.69) is 0 Å². The second-order valence-corrected chi connectivity index (χ2v) is 16.9. The first-order chi connectivity index (χ1) is 24.6. The predicted molar refractivity (Wildman–Crippen MR) is 194 cm³/mol. The average molecular weight is 760 g/mol. The molecule has 2 bridgehead atoms. The highest BCUT2D eigenvalue weighted by Gasteiger charge is 2.57. The summed E-state index contributed by atoms with van der Waals surface area (Å²) in [6.45, 7) is 18.5. The minimum atomic E-state index is -1.84. The maximum atomic E-state index is 14.3. The number of aliphatic hydroxyl groups excluding tert-OH is 4. The van der Waals surface area contributed by atoms with Crippen LogP contribution >= 0.6 is 0 Å². The van der Waals surface area contributed by atoms with Gasteiger partial charge in [0.2, 0.25) is 0 Å². The van der Waals surface area contributed by atoms with Gasteiger partial charge in [-0.15, -0.1) is 0 Å².